The van der Waals surface area contributed by atoms with Crippen LogP contribution in [0.25, 0.3) is 5.57 Å². The summed E-state index contributed by atoms with van der Waals surface area (Å²) in [5.74, 6) is 0.242. The number of carbonyl (C=O) groups excluding carboxylic acids is 1. The first kappa shape index (κ1) is 10.4. The predicted octanol–water partition coefficient (Wildman–Crippen LogP) is 2.33. The minimum Gasteiger partial charge on any atom is -0.383 e. The molecule has 1 aliphatic carbocycles. The lowest BCUT2D eigenvalue weighted by Crippen LogP contribution is -2.10. The van der Waals surface area contributed by atoms with Crippen LogP contribution in [0.4, 0.5) is 0 Å². The highest BCUT2D eigenvalue weighted by molar-refractivity contribution is 7.13. The van der Waals surface area contributed by atoms with Crippen LogP contribution in [0.5, 0.6) is 0 Å². The number of hydrogen-bond donors (Lipinski definition) is 0. The SMILES string of the molecule is Cc1nc2c(s1)C(=O)CCC2=CN(C)C. The summed E-state index contributed by atoms with van der Waals surface area (Å²) < 4.78 is 0. The summed E-state index contributed by atoms with van der Waals surface area (Å²) in [5.41, 5.74) is 2.08. The largest absolute Gasteiger partial charge is 0.383 e. The number of Topliss-reactive ketones (excluding diaryl/α,β-unsaturated/α-hetero) is 1. The van der Waals surface area contributed by atoms with E-state index in [1.807, 2.05) is 25.9 Å². The Bertz CT molecular complexity index is 432. The molecular formula is C11H14N2OS. The molecule has 0 fully saturated rings. The number of thiazole rings is 1. The predicted molar refractivity (Wildman–Crippen MR) is 62.1 cm³/mol. The van der Waals surface area contributed by atoms with Gasteiger partial charge in [0.2, 0.25) is 0 Å². The molecule has 0 saturated heterocycles. The zero-order valence-corrected chi connectivity index (χ0v) is 10.0. The Morgan fingerprint density at radius 1 is 1.40 bits per heavy atom. The normalized spacial score (nSPS) is 18.1. The average Bonchev–Trinajstić information content (AvgIpc) is 2.52. The fourth-order valence-electron chi connectivity index (χ4n) is 1.75. The van der Waals surface area contributed by atoms with E-state index >= 15 is 0 Å². The number of nitrogens with zero attached hydrogens (tertiary/aromatic N) is 2. The van der Waals surface area contributed by atoms with E-state index in [9.17, 15) is 4.79 Å². The van der Waals surface area contributed by atoms with E-state index in [0.717, 1.165) is 22.0 Å². The van der Waals surface area contributed by atoms with E-state index in [1.54, 1.807) is 0 Å². The lowest BCUT2D eigenvalue weighted by atomic mass is 9.97. The zero-order valence-electron chi connectivity index (χ0n) is 9.20. The summed E-state index contributed by atoms with van der Waals surface area (Å²) in [7, 11) is 3.98. The first-order chi connectivity index (χ1) is 7.08. The Hall–Kier alpha value is -1.16. The summed E-state index contributed by atoms with van der Waals surface area (Å²) in [4.78, 5) is 18.9. The minimum absolute atomic E-state index is 0.242. The van der Waals surface area contributed by atoms with Crippen molar-refractivity contribution in [2.24, 2.45) is 0 Å². The Labute approximate surface area is 93.4 Å². The van der Waals surface area contributed by atoms with Gasteiger partial charge in [-0.1, -0.05) is 0 Å². The highest BCUT2D eigenvalue weighted by Crippen LogP contribution is 2.33. The number of aryl methyl sites for hydroxylation is 1. The van der Waals surface area contributed by atoms with Crippen molar-refractivity contribution >= 4 is 22.7 Å². The second-order valence-corrected chi connectivity index (χ2v) is 5.15. The number of aromatic nitrogens is 1. The van der Waals surface area contributed by atoms with Gasteiger partial charge < -0.3 is 4.90 Å². The van der Waals surface area contributed by atoms with E-state index < -0.39 is 0 Å². The molecule has 0 aromatic carbocycles. The first-order valence-electron chi connectivity index (χ1n) is 4.96. The van der Waals surface area contributed by atoms with E-state index in [1.165, 1.54) is 16.9 Å². The summed E-state index contributed by atoms with van der Waals surface area (Å²) in [6.07, 6.45) is 3.49. The number of hydrogen-bond acceptors (Lipinski definition) is 4. The Kier molecular flexibility index (Phi) is 2.61. The smallest absolute Gasteiger partial charge is 0.175 e. The molecule has 1 aromatic heterocycles. The maximum absolute atomic E-state index is 11.7. The van der Waals surface area contributed by atoms with Gasteiger partial charge in [-0.25, -0.2) is 4.98 Å². The second kappa shape index (κ2) is 3.77. The molecular weight excluding hydrogens is 208 g/mol. The Morgan fingerprint density at radius 3 is 2.80 bits per heavy atom. The van der Waals surface area contributed by atoms with Gasteiger partial charge in [0.05, 0.1) is 15.6 Å². The summed E-state index contributed by atoms with van der Waals surface area (Å²) >= 11 is 1.51. The molecule has 1 heterocycles. The van der Waals surface area contributed by atoms with E-state index in [2.05, 4.69) is 11.2 Å². The Balaban J connectivity index is 2.49. The maximum atomic E-state index is 11.7. The van der Waals surface area contributed by atoms with Crippen LogP contribution in [0.15, 0.2) is 6.20 Å². The molecule has 0 aliphatic heterocycles. The molecule has 4 heteroatoms. The van der Waals surface area contributed by atoms with Gasteiger partial charge in [-0.3, -0.25) is 4.79 Å². The molecule has 3 nitrogen and oxygen atoms in total. The van der Waals surface area contributed by atoms with Gasteiger partial charge in [0.15, 0.2) is 5.78 Å². The van der Waals surface area contributed by atoms with Crippen molar-refractivity contribution in [2.45, 2.75) is 19.8 Å². The topological polar surface area (TPSA) is 33.2 Å². The second-order valence-electron chi connectivity index (χ2n) is 3.95. The highest BCUT2D eigenvalue weighted by atomic mass is 32.1. The third-order valence-electron chi connectivity index (χ3n) is 2.33. The van der Waals surface area contributed by atoms with Crippen LogP contribution in [0.2, 0.25) is 0 Å². The number of fused-ring (bicyclic) bond motifs is 1. The van der Waals surface area contributed by atoms with E-state index in [4.69, 9.17) is 0 Å². The van der Waals surface area contributed by atoms with Gasteiger partial charge in [0, 0.05) is 26.7 Å². The van der Waals surface area contributed by atoms with Crippen LogP contribution in [-0.4, -0.2) is 29.8 Å². The molecule has 0 radical (unpaired) electrons. The van der Waals surface area contributed by atoms with Crippen LogP contribution in [0.3, 0.4) is 0 Å². The molecule has 1 aromatic rings. The Morgan fingerprint density at radius 2 is 2.13 bits per heavy atom. The van der Waals surface area contributed by atoms with Crippen LogP contribution in [0.1, 0.15) is 33.2 Å². The van der Waals surface area contributed by atoms with Gasteiger partial charge in [0.25, 0.3) is 0 Å². The maximum Gasteiger partial charge on any atom is 0.175 e. The third kappa shape index (κ3) is 1.95. The number of rotatable bonds is 1. The molecule has 1 aliphatic rings. The van der Waals surface area contributed by atoms with Crippen LogP contribution < -0.4 is 0 Å². The molecule has 0 spiro atoms. The first-order valence-corrected chi connectivity index (χ1v) is 5.77. The fourth-order valence-corrected chi connectivity index (χ4v) is 2.67. The standard InChI is InChI=1S/C11H14N2OS/c1-7-12-10-8(6-13(2)3)4-5-9(14)11(10)15-7/h6H,4-5H2,1-3H3. The molecule has 0 bridgehead atoms. The average molecular weight is 222 g/mol. The molecule has 15 heavy (non-hydrogen) atoms. The number of carbonyl (C=O) groups is 1. The lowest BCUT2D eigenvalue weighted by molar-refractivity contribution is 0.0984. The van der Waals surface area contributed by atoms with Crippen molar-refractivity contribution in [3.8, 4) is 0 Å². The molecule has 0 amide bonds. The highest BCUT2D eigenvalue weighted by Gasteiger charge is 2.24. The fraction of sp³-hybridized carbons (Fsp3) is 0.455. The summed E-state index contributed by atoms with van der Waals surface area (Å²) in [6, 6.07) is 0. The number of ketones is 1. The van der Waals surface area contributed by atoms with Crippen molar-refractivity contribution < 1.29 is 4.79 Å². The van der Waals surface area contributed by atoms with Crippen molar-refractivity contribution in [1.29, 1.82) is 0 Å². The number of allylic oxidation sites excluding steroid dienone is 1. The third-order valence-corrected chi connectivity index (χ3v) is 3.34. The molecule has 0 N–H and O–H groups in total. The van der Waals surface area contributed by atoms with Crippen molar-refractivity contribution in [3.63, 3.8) is 0 Å². The molecule has 0 atom stereocenters. The molecule has 2 rings (SSSR count). The van der Waals surface area contributed by atoms with Gasteiger partial charge in [0.1, 0.15) is 0 Å². The van der Waals surface area contributed by atoms with Gasteiger partial charge in [-0.05, 0) is 18.9 Å². The van der Waals surface area contributed by atoms with Gasteiger partial charge >= 0.3 is 0 Å². The monoisotopic (exact) mass is 222 g/mol. The van der Waals surface area contributed by atoms with E-state index in [0.29, 0.717) is 6.42 Å². The quantitative estimate of drug-likeness (QED) is 0.731. The van der Waals surface area contributed by atoms with Crippen LogP contribution >= 0.6 is 11.3 Å². The minimum atomic E-state index is 0.242. The molecule has 0 unspecified atom stereocenters. The molecule has 80 valence electrons. The van der Waals surface area contributed by atoms with Gasteiger partial charge in [-0.15, -0.1) is 11.3 Å². The summed E-state index contributed by atoms with van der Waals surface area (Å²) in [6.45, 7) is 1.95. The van der Waals surface area contributed by atoms with Crippen molar-refractivity contribution in [3.05, 3.63) is 21.8 Å². The van der Waals surface area contributed by atoms with Gasteiger partial charge in [-0.2, -0.15) is 0 Å². The van der Waals surface area contributed by atoms with Crippen LogP contribution in [0, 0.1) is 6.92 Å². The van der Waals surface area contributed by atoms with E-state index in [-0.39, 0.29) is 5.78 Å². The lowest BCUT2D eigenvalue weighted by Gasteiger charge is -2.15. The van der Waals surface area contributed by atoms with Crippen molar-refractivity contribution in [2.75, 3.05) is 14.1 Å². The summed E-state index contributed by atoms with van der Waals surface area (Å²) in [5, 5.41) is 0.972. The van der Waals surface area contributed by atoms with Crippen molar-refractivity contribution in [1.82, 2.24) is 9.88 Å². The van der Waals surface area contributed by atoms with Crippen LogP contribution in [-0.2, 0) is 0 Å². The zero-order chi connectivity index (χ0) is 11.0. The molecule has 0 saturated carbocycles.